The van der Waals surface area contributed by atoms with Gasteiger partial charge in [-0.2, -0.15) is 5.26 Å². The minimum Gasteiger partial charge on any atom is -0.309 e. The Morgan fingerprint density at radius 2 is 0.825 bits per heavy atom. The Morgan fingerprint density at radius 1 is 0.333 bits per heavy atom. The van der Waals surface area contributed by atoms with Crippen molar-refractivity contribution in [2.24, 2.45) is 0 Å². The van der Waals surface area contributed by atoms with Crippen LogP contribution < -0.4 is 0 Å². The quantitative estimate of drug-likeness (QED) is 0.152. The molecule has 294 valence electrons. The van der Waals surface area contributed by atoms with Crippen LogP contribution in [-0.4, -0.2) is 29.5 Å². The van der Waals surface area contributed by atoms with Crippen molar-refractivity contribution in [3.63, 3.8) is 0 Å². The molecular weight excluding hydrogens is 771 g/mol. The van der Waals surface area contributed by atoms with Crippen molar-refractivity contribution < 1.29 is 0 Å². The Hall–Kier alpha value is -8.86. The predicted molar refractivity (Wildman–Crippen MR) is 253 cm³/mol. The summed E-state index contributed by atoms with van der Waals surface area (Å²) < 4.78 is 2.29. The van der Waals surface area contributed by atoms with Gasteiger partial charge in [0.1, 0.15) is 0 Å². The fraction of sp³-hybridized carbons (Fsp3) is 0. The van der Waals surface area contributed by atoms with Gasteiger partial charge in [0.05, 0.1) is 39.7 Å². The van der Waals surface area contributed by atoms with E-state index in [0.717, 1.165) is 83.4 Å². The van der Waals surface area contributed by atoms with E-state index < -0.39 is 0 Å². The number of hydrogen-bond donors (Lipinski definition) is 0. The molecule has 0 atom stereocenters. The van der Waals surface area contributed by atoms with Crippen LogP contribution in [0.2, 0.25) is 0 Å². The Bertz CT molecular complexity index is 3390. The van der Waals surface area contributed by atoms with E-state index in [2.05, 4.69) is 102 Å². The van der Waals surface area contributed by atoms with Gasteiger partial charge in [0.2, 0.25) is 0 Å². The van der Waals surface area contributed by atoms with Crippen LogP contribution in [0.15, 0.2) is 212 Å². The SMILES string of the molecule is N#Cc1ccccc1-c1ccc2c(c1)c1ccccc1n2-c1ccc(-c2nc(-c3ccccc3)cc(-c3ccccc3)n2)cc1-c1nc(-c2ccccc2)nc(-c2ccccc2)n1. The van der Waals surface area contributed by atoms with Gasteiger partial charge >= 0.3 is 0 Å². The maximum absolute atomic E-state index is 10.0. The van der Waals surface area contributed by atoms with Gasteiger partial charge in [0, 0.05) is 44.2 Å². The van der Waals surface area contributed by atoms with Crippen LogP contribution in [0, 0.1) is 11.3 Å². The first-order chi connectivity index (χ1) is 31.2. The van der Waals surface area contributed by atoms with Gasteiger partial charge in [-0.3, -0.25) is 0 Å². The van der Waals surface area contributed by atoms with Crippen LogP contribution in [0.5, 0.6) is 0 Å². The first-order valence-corrected chi connectivity index (χ1v) is 20.7. The molecule has 0 spiro atoms. The van der Waals surface area contributed by atoms with E-state index in [9.17, 15) is 5.26 Å². The molecule has 63 heavy (non-hydrogen) atoms. The van der Waals surface area contributed by atoms with E-state index in [-0.39, 0.29) is 0 Å². The lowest BCUT2D eigenvalue weighted by Crippen LogP contribution is -2.04. The van der Waals surface area contributed by atoms with E-state index in [1.54, 1.807) is 0 Å². The molecule has 11 rings (SSSR count). The highest BCUT2D eigenvalue weighted by Crippen LogP contribution is 2.40. The average Bonchev–Trinajstić information content (AvgIpc) is 3.70. The van der Waals surface area contributed by atoms with Crippen LogP contribution in [0.3, 0.4) is 0 Å². The molecule has 0 saturated carbocycles. The summed E-state index contributed by atoms with van der Waals surface area (Å²) in [5.74, 6) is 2.21. The number of fused-ring (bicyclic) bond motifs is 3. The second-order valence-electron chi connectivity index (χ2n) is 15.2. The number of rotatable bonds is 8. The van der Waals surface area contributed by atoms with Crippen molar-refractivity contribution >= 4 is 21.8 Å². The molecule has 3 aromatic heterocycles. The summed E-state index contributed by atoms with van der Waals surface area (Å²) in [5, 5.41) is 12.2. The Balaban J connectivity index is 1.20. The lowest BCUT2D eigenvalue weighted by molar-refractivity contribution is 1.06. The molecule has 3 heterocycles. The van der Waals surface area contributed by atoms with Gasteiger partial charge in [0.15, 0.2) is 23.3 Å². The third-order valence-corrected chi connectivity index (χ3v) is 11.3. The fourth-order valence-corrected chi connectivity index (χ4v) is 8.30. The van der Waals surface area contributed by atoms with Crippen molar-refractivity contribution in [3.05, 3.63) is 218 Å². The number of para-hydroxylation sites is 1. The lowest BCUT2D eigenvalue weighted by atomic mass is 9.98. The topological polar surface area (TPSA) is 93.2 Å². The molecule has 11 aromatic rings. The van der Waals surface area contributed by atoms with Crippen molar-refractivity contribution in [3.8, 4) is 90.9 Å². The molecule has 0 amide bonds. The number of nitriles is 1. The van der Waals surface area contributed by atoms with Crippen LogP contribution in [-0.2, 0) is 0 Å². The first kappa shape index (κ1) is 37.2. The Labute approximate surface area is 364 Å². The van der Waals surface area contributed by atoms with E-state index >= 15 is 0 Å². The summed E-state index contributed by atoms with van der Waals surface area (Å²) in [7, 11) is 0. The molecule has 7 heteroatoms. The highest BCUT2D eigenvalue weighted by Gasteiger charge is 2.22. The highest BCUT2D eigenvalue weighted by atomic mass is 15.1. The number of hydrogen-bond acceptors (Lipinski definition) is 6. The van der Waals surface area contributed by atoms with Crippen molar-refractivity contribution in [1.82, 2.24) is 29.5 Å². The maximum Gasteiger partial charge on any atom is 0.166 e. The Morgan fingerprint density at radius 3 is 1.44 bits per heavy atom. The molecule has 0 aliphatic rings. The van der Waals surface area contributed by atoms with E-state index in [0.29, 0.717) is 28.9 Å². The van der Waals surface area contributed by atoms with Crippen molar-refractivity contribution in [2.75, 3.05) is 0 Å². The molecule has 0 fully saturated rings. The van der Waals surface area contributed by atoms with Gasteiger partial charge < -0.3 is 4.57 Å². The molecule has 0 aliphatic heterocycles. The summed E-state index contributed by atoms with van der Waals surface area (Å²) >= 11 is 0. The lowest BCUT2D eigenvalue weighted by Gasteiger charge is -2.16. The summed E-state index contributed by atoms with van der Waals surface area (Å²) in [4.78, 5) is 26.0. The first-order valence-electron chi connectivity index (χ1n) is 20.7. The monoisotopic (exact) mass is 805 g/mol. The molecule has 8 aromatic carbocycles. The summed E-state index contributed by atoms with van der Waals surface area (Å²) in [5.41, 5.74) is 12.4. The minimum atomic E-state index is 0.507. The van der Waals surface area contributed by atoms with Gasteiger partial charge in [-0.15, -0.1) is 0 Å². The van der Waals surface area contributed by atoms with Crippen LogP contribution in [0.25, 0.3) is 107 Å². The van der Waals surface area contributed by atoms with Crippen LogP contribution >= 0.6 is 0 Å². The molecule has 0 unspecified atom stereocenters. The van der Waals surface area contributed by atoms with Crippen molar-refractivity contribution in [2.45, 2.75) is 0 Å². The number of aromatic nitrogens is 6. The van der Waals surface area contributed by atoms with E-state index in [4.69, 9.17) is 24.9 Å². The summed E-state index contributed by atoms with van der Waals surface area (Å²) in [6.07, 6.45) is 0. The summed E-state index contributed by atoms with van der Waals surface area (Å²) in [6, 6.07) is 73.8. The standard InChI is InChI=1S/C56H35N7/c57-36-43-25-13-14-26-44(43)41-29-31-51-46(33-41)45-27-15-16-28-50(45)63(51)52-32-30-42(55-58-48(37-17-5-1-6-18-37)35-49(59-55)38-19-7-2-8-20-38)34-47(52)56-61-53(39-21-9-3-10-22-39)60-54(62-56)40-23-11-4-12-24-40/h1-35H. The van der Waals surface area contributed by atoms with Gasteiger partial charge in [-0.1, -0.05) is 164 Å². The van der Waals surface area contributed by atoms with Gasteiger partial charge in [-0.25, -0.2) is 24.9 Å². The average molecular weight is 806 g/mol. The van der Waals surface area contributed by atoms with Gasteiger partial charge in [0.25, 0.3) is 0 Å². The predicted octanol–water partition coefficient (Wildman–Crippen LogP) is 13.3. The van der Waals surface area contributed by atoms with E-state index in [1.165, 1.54) is 0 Å². The maximum atomic E-state index is 10.0. The number of nitrogens with zero attached hydrogens (tertiary/aromatic N) is 7. The smallest absolute Gasteiger partial charge is 0.166 e. The van der Waals surface area contributed by atoms with Crippen LogP contribution in [0.4, 0.5) is 0 Å². The second kappa shape index (κ2) is 16.0. The highest BCUT2D eigenvalue weighted by molar-refractivity contribution is 6.11. The number of benzene rings is 8. The minimum absolute atomic E-state index is 0.507. The molecule has 0 saturated heterocycles. The normalized spacial score (nSPS) is 11.2. The zero-order valence-electron chi connectivity index (χ0n) is 33.8. The third kappa shape index (κ3) is 6.98. The fourth-order valence-electron chi connectivity index (χ4n) is 8.30. The van der Waals surface area contributed by atoms with E-state index in [1.807, 2.05) is 121 Å². The molecule has 0 radical (unpaired) electrons. The molecule has 0 N–H and O–H groups in total. The second-order valence-corrected chi connectivity index (χ2v) is 15.2. The summed E-state index contributed by atoms with van der Waals surface area (Å²) in [6.45, 7) is 0. The zero-order valence-corrected chi connectivity index (χ0v) is 33.8. The zero-order chi connectivity index (χ0) is 42.1. The molecular formula is C56H35N7. The van der Waals surface area contributed by atoms with Crippen molar-refractivity contribution in [1.29, 1.82) is 5.26 Å². The van der Waals surface area contributed by atoms with Crippen LogP contribution in [0.1, 0.15) is 5.56 Å². The Kier molecular flexibility index (Phi) is 9.41. The molecule has 0 bridgehead atoms. The van der Waals surface area contributed by atoms with Gasteiger partial charge in [-0.05, 0) is 59.7 Å². The molecule has 7 nitrogen and oxygen atoms in total. The largest absolute Gasteiger partial charge is 0.309 e. The molecule has 0 aliphatic carbocycles. The third-order valence-electron chi connectivity index (χ3n) is 11.3.